The number of nitrogens with two attached hydrogens (primary N) is 1. The maximum absolute atomic E-state index is 14.2. The van der Waals surface area contributed by atoms with Crippen LogP contribution in [0.25, 0.3) is 11.4 Å². The van der Waals surface area contributed by atoms with E-state index in [1.165, 1.54) is 10.6 Å². The van der Waals surface area contributed by atoms with Gasteiger partial charge in [-0.25, -0.2) is 17.9 Å². The number of aromatic nitrogens is 3. The Morgan fingerprint density at radius 1 is 1.30 bits per heavy atom. The first kappa shape index (κ1) is 14.6. The van der Waals surface area contributed by atoms with Gasteiger partial charge < -0.3 is 0 Å². The summed E-state index contributed by atoms with van der Waals surface area (Å²) in [6.45, 7) is 5.11. The highest BCUT2D eigenvalue weighted by Gasteiger charge is 2.25. The van der Waals surface area contributed by atoms with E-state index >= 15 is 0 Å². The molecule has 1 heterocycles. The van der Waals surface area contributed by atoms with Gasteiger partial charge in [-0.3, -0.25) is 4.57 Å². The van der Waals surface area contributed by atoms with Gasteiger partial charge in [0.15, 0.2) is 5.82 Å². The molecule has 1 aromatic carbocycles. The van der Waals surface area contributed by atoms with Crippen LogP contribution >= 0.6 is 0 Å². The number of rotatable bonds is 3. The summed E-state index contributed by atoms with van der Waals surface area (Å²) in [6, 6.07) is 4.53. The lowest BCUT2D eigenvalue weighted by atomic mass is 10.1. The normalized spacial score (nSPS) is 12.1. The van der Waals surface area contributed by atoms with Gasteiger partial charge >= 0.3 is 0 Å². The molecular formula is C12H15FN4O2S. The van der Waals surface area contributed by atoms with Crippen LogP contribution in [-0.2, 0) is 10.0 Å². The van der Waals surface area contributed by atoms with Crippen LogP contribution in [0.1, 0.15) is 25.5 Å². The van der Waals surface area contributed by atoms with E-state index in [0.717, 1.165) is 0 Å². The lowest BCUT2D eigenvalue weighted by molar-refractivity contribution is 0.522. The third-order valence-corrected chi connectivity index (χ3v) is 3.66. The average Bonchev–Trinajstić information content (AvgIpc) is 2.77. The molecule has 0 saturated heterocycles. The Morgan fingerprint density at radius 3 is 2.50 bits per heavy atom. The fourth-order valence-corrected chi connectivity index (χ4v) is 2.67. The van der Waals surface area contributed by atoms with Gasteiger partial charge in [0, 0.05) is 6.04 Å². The molecule has 0 unspecified atom stereocenters. The highest BCUT2D eigenvalue weighted by Crippen LogP contribution is 2.27. The Labute approximate surface area is 116 Å². The summed E-state index contributed by atoms with van der Waals surface area (Å²) in [5.74, 6) is -0.312. The second kappa shape index (κ2) is 4.95. The molecule has 0 spiro atoms. The molecule has 20 heavy (non-hydrogen) atoms. The summed E-state index contributed by atoms with van der Waals surface area (Å²) >= 11 is 0. The van der Waals surface area contributed by atoms with Crippen molar-refractivity contribution in [2.75, 3.05) is 0 Å². The molecule has 0 aliphatic heterocycles. The molecule has 0 amide bonds. The smallest absolute Gasteiger partial charge is 0.273 e. The molecule has 108 valence electrons. The molecular weight excluding hydrogens is 283 g/mol. The third-order valence-electron chi connectivity index (χ3n) is 2.87. The largest absolute Gasteiger partial charge is 0.294 e. The Hall–Kier alpha value is -1.80. The second-order valence-corrected chi connectivity index (χ2v) is 6.21. The van der Waals surface area contributed by atoms with Crippen molar-refractivity contribution in [2.45, 2.75) is 32.0 Å². The first-order valence-corrected chi connectivity index (χ1v) is 7.51. The van der Waals surface area contributed by atoms with Crippen LogP contribution in [0.5, 0.6) is 0 Å². The summed E-state index contributed by atoms with van der Waals surface area (Å²) in [6.07, 6.45) is 0. The Morgan fingerprint density at radius 2 is 1.95 bits per heavy atom. The number of benzene rings is 1. The molecule has 2 N–H and O–H groups in total. The quantitative estimate of drug-likeness (QED) is 0.932. The van der Waals surface area contributed by atoms with E-state index in [1.807, 2.05) is 0 Å². The molecule has 0 saturated carbocycles. The van der Waals surface area contributed by atoms with Crippen molar-refractivity contribution in [1.82, 2.24) is 14.8 Å². The zero-order valence-corrected chi connectivity index (χ0v) is 12.1. The fraction of sp³-hybridized carbons (Fsp3) is 0.333. The molecule has 8 heteroatoms. The van der Waals surface area contributed by atoms with E-state index in [-0.39, 0.29) is 22.6 Å². The second-order valence-electron chi connectivity index (χ2n) is 4.75. The van der Waals surface area contributed by atoms with Crippen molar-refractivity contribution in [2.24, 2.45) is 5.14 Å². The highest BCUT2D eigenvalue weighted by molar-refractivity contribution is 7.89. The van der Waals surface area contributed by atoms with Gasteiger partial charge in [0.1, 0.15) is 5.82 Å². The van der Waals surface area contributed by atoms with Crippen LogP contribution in [0.15, 0.2) is 23.4 Å². The molecule has 0 bridgehead atoms. The standard InChI is InChI=1S/C12H15FN4O2S/c1-7(2)17-11(15-16-12(17)20(14,18)19)9-6-4-5-8(3)10(9)13/h4-7H,1-3H3,(H2,14,18,19). The minimum absolute atomic E-state index is 0.144. The number of hydrogen-bond acceptors (Lipinski definition) is 4. The molecule has 0 aliphatic rings. The van der Waals surface area contributed by atoms with Gasteiger partial charge in [0.25, 0.3) is 15.2 Å². The van der Waals surface area contributed by atoms with Crippen LogP contribution in [0, 0.1) is 12.7 Å². The first-order valence-electron chi connectivity index (χ1n) is 5.96. The van der Waals surface area contributed by atoms with E-state index in [0.29, 0.717) is 5.56 Å². The SMILES string of the molecule is Cc1cccc(-c2nnc(S(N)(=O)=O)n2C(C)C)c1F. The zero-order valence-electron chi connectivity index (χ0n) is 11.3. The molecule has 0 aliphatic carbocycles. The summed E-state index contributed by atoms with van der Waals surface area (Å²) in [5, 5.41) is 12.1. The Balaban J connectivity index is 2.76. The average molecular weight is 298 g/mol. The van der Waals surface area contributed by atoms with Gasteiger partial charge in [-0.05, 0) is 32.4 Å². The van der Waals surface area contributed by atoms with E-state index in [2.05, 4.69) is 10.2 Å². The lowest BCUT2D eigenvalue weighted by Gasteiger charge is -2.13. The minimum Gasteiger partial charge on any atom is -0.294 e. The van der Waals surface area contributed by atoms with Crippen LogP contribution in [0.2, 0.25) is 0 Å². The van der Waals surface area contributed by atoms with Crippen LogP contribution < -0.4 is 5.14 Å². The van der Waals surface area contributed by atoms with Crippen molar-refractivity contribution in [3.8, 4) is 11.4 Å². The number of hydrogen-bond donors (Lipinski definition) is 1. The predicted octanol–water partition coefficient (Wildman–Crippen LogP) is 1.62. The predicted molar refractivity (Wildman–Crippen MR) is 71.9 cm³/mol. The van der Waals surface area contributed by atoms with Gasteiger partial charge in [-0.1, -0.05) is 12.1 Å². The van der Waals surface area contributed by atoms with Crippen molar-refractivity contribution >= 4 is 10.0 Å². The molecule has 0 fully saturated rings. The third kappa shape index (κ3) is 2.44. The number of sulfonamides is 1. The van der Waals surface area contributed by atoms with Crippen molar-refractivity contribution in [1.29, 1.82) is 0 Å². The number of halogens is 1. The van der Waals surface area contributed by atoms with Crippen LogP contribution in [0.3, 0.4) is 0 Å². The molecule has 2 rings (SSSR count). The van der Waals surface area contributed by atoms with E-state index < -0.39 is 15.8 Å². The van der Waals surface area contributed by atoms with Crippen molar-refractivity contribution < 1.29 is 12.8 Å². The molecule has 0 atom stereocenters. The zero-order chi connectivity index (χ0) is 15.1. The fourth-order valence-electron chi connectivity index (χ4n) is 1.94. The number of nitrogens with zero attached hydrogens (tertiary/aromatic N) is 3. The van der Waals surface area contributed by atoms with Gasteiger partial charge in [0.2, 0.25) is 0 Å². The van der Waals surface area contributed by atoms with Crippen LogP contribution in [0.4, 0.5) is 4.39 Å². The molecule has 2 aromatic rings. The van der Waals surface area contributed by atoms with E-state index in [4.69, 9.17) is 5.14 Å². The summed E-state index contributed by atoms with van der Waals surface area (Å²) in [4.78, 5) is 0. The highest BCUT2D eigenvalue weighted by atomic mass is 32.2. The monoisotopic (exact) mass is 298 g/mol. The molecule has 0 radical (unpaired) electrons. The first-order chi connectivity index (χ1) is 9.23. The maximum Gasteiger partial charge on any atom is 0.273 e. The van der Waals surface area contributed by atoms with Crippen LogP contribution in [-0.4, -0.2) is 23.2 Å². The summed E-state index contributed by atoms with van der Waals surface area (Å²) in [5.41, 5.74) is 0.638. The Bertz CT molecular complexity index is 753. The lowest BCUT2D eigenvalue weighted by Crippen LogP contribution is -2.20. The van der Waals surface area contributed by atoms with Gasteiger partial charge in [-0.2, -0.15) is 0 Å². The topological polar surface area (TPSA) is 90.9 Å². The Kier molecular flexibility index (Phi) is 3.61. The maximum atomic E-state index is 14.2. The summed E-state index contributed by atoms with van der Waals surface area (Å²) < 4.78 is 38.5. The van der Waals surface area contributed by atoms with Gasteiger partial charge in [0.05, 0.1) is 5.56 Å². The number of primary sulfonamides is 1. The molecule has 1 aromatic heterocycles. The van der Waals surface area contributed by atoms with Crippen molar-refractivity contribution in [3.05, 3.63) is 29.6 Å². The van der Waals surface area contributed by atoms with E-state index in [9.17, 15) is 12.8 Å². The minimum atomic E-state index is -4.02. The van der Waals surface area contributed by atoms with Gasteiger partial charge in [-0.15, -0.1) is 10.2 Å². The summed E-state index contributed by atoms with van der Waals surface area (Å²) in [7, 11) is -4.02. The molecule has 6 nitrogen and oxygen atoms in total. The van der Waals surface area contributed by atoms with Crippen molar-refractivity contribution in [3.63, 3.8) is 0 Å². The van der Waals surface area contributed by atoms with E-state index in [1.54, 1.807) is 32.9 Å². The number of aryl methyl sites for hydroxylation is 1.